The summed E-state index contributed by atoms with van der Waals surface area (Å²) in [5, 5.41) is 11.1. The van der Waals surface area contributed by atoms with Crippen LogP contribution in [0.2, 0.25) is 5.02 Å². The molecule has 0 saturated heterocycles. The average Bonchev–Trinajstić information content (AvgIpc) is 2.64. The quantitative estimate of drug-likeness (QED) is 0.279. The number of hydrogen-bond acceptors (Lipinski definition) is 6. The van der Waals surface area contributed by atoms with Crippen molar-refractivity contribution in [3.05, 3.63) is 52.5 Å². The zero-order chi connectivity index (χ0) is 21.6. The molecule has 156 valence electrons. The van der Waals surface area contributed by atoms with Gasteiger partial charge in [0.15, 0.2) is 6.10 Å². The van der Waals surface area contributed by atoms with Gasteiger partial charge in [-0.1, -0.05) is 22.8 Å². The summed E-state index contributed by atoms with van der Waals surface area (Å²) in [7, 11) is 0. The first-order valence-corrected chi connectivity index (χ1v) is 8.73. The van der Waals surface area contributed by atoms with Crippen LogP contribution in [0, 0.1) is 0 Å². The Labute approximate surface area is 169 Å². The molecule has 2 rings (SSSR count). The molecular weight excluding hydrogens is 415 g/mol. The van der Waals surface area contributed by atoms with E-state index in [1.807, 2.05) is 0 Å². The monoisotopic (exact) mass is 431 g/mol. The van der Waals surface area contributed by atoms with E-state index in [-0.39, 0.29) is 23.9 Å². The lowest BCUT2D eigenvalue weighted by molar-refractivity contribution is -0.150. The van der Waals surface area contributed by atoms with Crippen LogP contribution in [0.4, 0.5) is 13.2 Å². The van der Waals surface area contributed by atoms with Crippen LogP contribution in [0.25, 0.3) is 0 Å². The van der Waals surface area contributed by atoms with Crippen LogP contribution in [0.5, 0.6) is 17.2 Å². The number of esters is 1. The number of ether oxygens (including phenoxy) is 3. The Balaban J connectivity index is 2.35. The van der Waals surface area contributed by atoms with Crippen LogP contribution in [0.1, 0.15) is 25.0 Å². The first-order chi connectivity index (χ1) is 13.7. The fourth-order valence-electron chi connectivity index (χ4n) is 2.28. The fourth-order valence-corrected chi connectivity index (χ4v) is 2.55. The number of carbonyl (C=O) groups is 1. The van der Waals surface area contributed by atoms with Crippen molar-refractivity contribution < 1.29 is 37.4 Å². The minimum absolute atomic E-state index is 0.0870. The molecule has 0 aliphatic carbocycles. The highest BCUT2D eigenvalue weighted by Gasteiger charge is 2.34. The maximum Gasteiger partial charge on any atom is 0.417 e. The second kappa shape index (κ2) is 9.51. The van der Waals surface area contributed by atoms with Gasteiger partial charge >= 0.3 is 12.1 Å². The van der Waals surface area contributed by atoms with Crippen LogP contribution in [-0.2, 0) is 15.7 Å². The molecule has 2 aromatic rings. The lowest BCUT2D eigenvalue weighted by atomic mass is 10.2. The van der Waals surface area contributed by atoms with E-state index in [9.17, 15) is 18.0 Å². The number of nitrogens with zero attached hydrogens (tertiary/aromatic N) is 1. The van der Waals surface area contributed by atoms with Gasteiger partial charge in [-0.25, -0.2) is 4.79 Å². The molecule has 0 spiro atoms. The van der Waals surface area contributed by atoms with Gasteiger partial charge in [0.1, 0.15) is 17.2 Å². The largest absolute Gasteiger partial charge is 0.478 e. The molecular formula is C19H17ClF3NO5. The van der Waals surface area contributed by atoms with E-state index in [2.05, 4.69) is 5.16 Å². The first-order valence-electron chi connectivity index (χ1n) is 8.35. The summed E-state index contributed by atoms with van der Waals surface area (Å²) >= 11 is 5.83. The van der Waals surface area contributed by atoms with Gasteiger partial charge in [-0.3, -0.25) is 0 Å². The molecule has 0 bridgehead atoms. The van der Waals surface area contributed by atoms with Crippen LogP contribution in [0.3, 0.4) is 0 Å². The highest BCUT2D eigenvalue weighted by Crippen LogP contribution is 2.41. The maximum absolute atomic E-state index is 13.0. The third-order valence-electron chi connectivity index (χ3n) is 3.60. The van der Waals surface area contributed by atoms with Crippen molar-refractivity contribution in [2.45, 2.75) is 26.1 Å². The molecule has 1 atom stereocenters. The summed E-state index contributed by atoms with van der Waals surface area (Å²) in [6.07, 6.45) is -4.57. The van der Waals surface area contributed by atoms with Crippen molar-refractivity contribution in [2.24, 2.45) is 5.16 Å². The van der Waals surface area contributed by atoms with E-state index >= 15 is 0 Å². The molecule has 0 aliphatic rings. The second-order valence-electron chi connectivity index (χ2n) is 5.67. The number of alkyl halides is 3. The molecule has 0 fully saturated rings. The average molecular weight is 432 g/mol. The number of oxime groups is 1. The van der Waals surface area contributed by atoms with Crippen molar-refractivity contribution in [1.82, 2.24) is 0 Å². The Morgan fingerprint density at radius 3 is 2.62 bits per heavy atom. The second-order valence-corrected chi connectivity index (χ2v) is 6.05. The van der Waals surface area contributed by atoms with Crippen molar-refractivity contribution in [2.75, 3.05) is 6.61 Å². The zero-order valence-electron chi connectivity index (χ0n) is 15.4. The number of rotatable bonds is 7. The van der Waals surface area contributed by atoms with Crippen LogP contribution in [0.15, 0.2) is 41.6 Å². The molecule has 0 saturated carbocycles. The Morgan fingerprint density at radius 1 is 1.28 bits per heavy atom. The van der Waals surface area contributed by atoms with Crippen molar-refractivity contribution >= 4 is 23.8 Å². The highest BCUT2D eigenvalue weighted by molar-refractivity contribution is 6.32. The SMILES string of the molecule is CCOC(=O)C(C)Oc1cc(Oc2cccc(C(F)(F)F)c2Cl)ccc1C=NO. The Bertz CT molecular complexity index is 902. The van der Waals surface area contributed by atoms with E-state index in [0.29, 0.717) is 5.56 Å². The van der Waals surface area contributed by atoms with Gasteiger partial charge in [0.05, 0.1) is 23.4 Å². The van der Waals surface area contributed by atoms with Gasteiger partial charge < -0.3 is 19.4 Å². The van der Waals surface area contributed by atoms with Gasteiger partial charge in [0.25, 0.3) is 0 Å². The minimum atomic E-state index is -4.64. The number of benzene rings is 2. The molecule has 0 aliphatic heterocycles. The maximum atomic E-state index is 13.0. The molecule has 0 radical (unpaired) electrons. The summed E-state index contributed by atoms with van der Waals surface area (Å²) < 4.78 is 54.9. The first kappa shape index (κ1) is 22.4. The predicted octanol–water partition coefficient (Wildman–Crippen LogP) is 5.29. The van der Waals surface area contributed by atoms with Crippen LogP contribution in [-0.4, -0.2) is 30.1 Å². The Morgan fingerprint density at radius 2 is 2.00 bits per heavy atom. The van der Waals surface area contributed by atoms with Gasteiger partial charge in [-0.15, -0.1) is 0 Å². The molecule has 0 aromatic heterocycles. The molecule has 1 N–H and O–H groups in total. The third kappa shape index (κ3) is 5.77. The standard InChI is InChI=1S/C19H17ClF3NO5/c1-3-27-18(25)11(2)28-16-9-13(8-7-12(16)10-24-26)29-15-6-4-5-14(17(15)20)19(21,22)23/h4-11,26H,3H2,1-2H3. The smallest absolute Gasteiger partial charge is 0.417 e. The number of carbonyl (C=O) groups excluding carboxylic acids is 1. The fraction of sp³-hybridized carbons (Fsp3) is 0.263. The molecule has 2 aromatic carbocycles. The van der Waals surface area contributed by atoms with Crippen LogP contribution < -0.4 is 9.47 Å². The van der Waals surface area contributed by atoms with E-state index in [0.717, 1.165) is 18.3 Å². The molecule has 1 unspecified atom stereocenters. The molecule has 0 heterocycles. The summed E-state index contributed by atoms with van der Waals surface area (Å²) in [5.74, 6) is -0.655. The van der Waals surface area contributed by atoms with E-state index < -0.39 is 28.8 Å². The predicted molar refractivity (Wildman–Crippen MR) is 99.1 cm³/mol. The summed E-state index contributed by atoms with van der Waals surface area (Å²) in [4.78, 5) is 11.8. The molecule has 6 nitrogen and oxygen atoms in total. The van der Waals surface area contributed by atoms with Gasteiger partial charge in [0, 0.05) is 11.6 Å². The molecule has 0 amide bonds. The van der Waals surface area contributed by atoms with Crippen LogP contribution >= 0.6 is 11.6 Å². The Kier molecular flexibility index (Phi) is 7.33. The van der Waals surface area contributed by atoms with Gasteiger partial charge in [0.2, 0.25) is 0 Å². The normalized spacial score (nSPS) is 12.6. The topological polar surface area (TPSA) is 77.4 Å². The summed E-state index contributed by atoms with van der Waals surface area (Å²) in [5.41, 5.74) is -0.737. The van der Waals surface area contributed by atoms with E-state index in [4.69, 9.17) is 31.0 Å². The lowest BCUT2D eigenvalue weighted by Crippen LogP contribution is -2.26. The number of halogens is 4. The lowest BCUT2D eigenvalue weighted by Gasteiger charge is -2.17. The third-order valence-corrected chi connectivity index (χ3v) is 3.99. The molecule has 10 heteroatoms. The highest BCUT2D eigenvalue weighted by atomic mass is 35.5. The number of hydrogen-bond donors (Lipinski definition) is 1. The summed E-state index contributed by atoms with van der Waals surface area (Å²) in [6, 6.07) is 7.45. The van der Waals surface area contributed by atoms with Crippen molar-refractivity contribution in [3.63, 3.8) is 0 Å². The zero-order valence-corrected chi connectivity index (χ0v) is 16.1. The minimum Gasteiger partial charge on any atom is -0.478 e. The van der Waals surface area contributed by atoms with Gasteiger partial charge in [-0.05, 0) is 38.1 Å². The van der Waals surface area contributed by atoms with Gasteiger partial charge in [-0.2, -0.15) is 13.2 Å². The summed E-state index contributed by atoms with van der Waals surface area (Å²) in [6.45, 7) is 3.26. The molecule has 29 heavy (non-hydrogen) atoms. The van der Waals surface area contributed by atoms with Crippen molar-refractivity contribution in [3.8, 4) is 17.2 Å². The van der Waals surface area contributed by atoms with E-state index in [1.54, 1.807) is 6.92 Å². The van der Waals surface area contributed by atoms with Crippen molar-refractivity contribution in [1.29, 1.82) is 0 Å². The Hall–Kier alpha value is -2.94. The van der Waals surface area contributed by atoms with E-state index in [1.165, 1.54) is 31.2 Å².